The molecule has 0 atom stereocenters. The van der Waals surface area contributed by atoms with Crippen LogP contribution in [-0.4, -0.2) is 64.5 Å². The molecule has 170 valence electrons. The molecule has 0 saturated carbocycles. The Kier molecular flexibility index (Phi) is 9.53. The Morgan fingerprint density at radius 1 is 1.29 bits per heavy atom. The van der Waals surface area contributed by atoms with Gasteiger partial charge in [-0.05, 0) is 51.3 Å². The Balaban J connectivity index is 0.00000341. The van der Waals surface area contributed by atoms with Gasteiger partial charge in [0, 0.05) is 44.6 Å². The first-order valence-corrected chi connectivity index (χ1v) is 10.4. The van der Waals surface area contributed by atoms with Gasteiger partial charge in [-0.25, -0.2) is 14.5 Å². The summed E-state index contributed by atoms with van der Waals surface area (Å²) in [6.07, 6.45) is 3.34. The summed E-state index contributed by atoms with van der Waals surface area (Å²) in [5.74, 6) is 1.55. The molecule has 2 N–H and O–H groups in total. The van der Waals surface area contributed by atoms with Gasteiger partial charge in [0.05, 0.1) is 12.3 Å². The number of piperidine rings is 1. The van der Waals surface area contributed by atoms with Gasteiger partial charge in [0.1, 0.15) is 0 Å². The average Bonchev–Trinajstić information content (AvgIpc) is 3.10. The summed E-state index contributed by atoms with van der Waals surface area (Å²) in [5, 5.41) is 11.2. The van der Waals surface area contributed by atoms with Crippen LogP contribution in [0.3, 0.4) is 0 Å². The van der Waals surface area contributed by atoms with Gasteiger partial charge in [0.25, 0.3) is 0 Å². The number of carbonyl (C=O) groups excluding carboxylic acids is 1. The maximum Gasteiger partial charge on any atom is 0.409 e. The molecule has 0 radical (unpaired) electrons. The van der Waals surface area contributed by atoms with Crippen LogP contribution in [0.5, 0.6) is 0 Å². The van der Waals surface area contributed by atoms with Crippen molar-refractivity contribution in [1.29, 1.82) is 0 Å². The second-order valence-corrected chi connectivity index (χ2v) is 7.39. The van der Waals surface area contributed by atoms with Crippen molar-refractivity contribution in [3.8, 4) is 5.82 Å². The smallest absolute Gasteiger partial charge is 0.409 e. The molecule has 31 heavy (non-hydrogen) atoms. The van der Waals surface area contributed by atoms with Gasteiger partial charge in [-0.1, -0.05) is 6.07 Å². The molecule has 0 unspecified atom stereocenters. The Morgan fingerprint density at radius 3 is 2.58 bits per heavy atom. The van der Waals surface area contributed by atoms with Crippen molar-refractivity contribution < 1.29 is 9.53 Å². The van der Waals surface area contributed by atoms with Crippen LogP contribution in [-0.2, 0) is 11.3 Å². The molecule has 2 aromatic heterocycles. The summed E-state index contributed by atoms with van der Waals surface area (Å²) in [7, 11) is 1.76. The average molecular weight is 541 g/mol. The van der Waals surface area contributed by atoms with Crippen molar-refractivity contribution in [3.63, 3.8) is 0 Å². The van der Waals surface area contributed by atoms with E-state index in [0.717, 1.165) is 41.6 Å². The van der Waals surface area contributed by atoms with Crippen molar-refractivity contribution in [2.24, 2.45) is 4.99 Å². The fourth-order valence-electron chi connectivity index (χ4n) is 3.50. The number of amides is 1. The van der Waals surface area contributed by atoms with Gasteiger partial charge in [-0.15, -0.1) is 24.0 Å². The second-order valence-electron chi connectivity index (χ2n) is 7.39. The Bertz CT molecular complexity index is 874. The number of guanidine groups is 1. The summed E-state index contributed by atoms with van der Waals surface area (Å²) >= 11 is 0. The number of carbonyl (C=O) groups is 1. The number of halogens is 1. The zero-order valence-corrected chi connectivity index (χ0v) is 20.9. The van der Waals surface area contributed by atoms with Crippen LogP contribution < -0.4 is 10.6 Å². The molecular weight excluding hydrogens is 509 g/mol. The highest BCUT2D eigenvalue weighted by Crippen LogP contribution is 2.12. The molecule has 9 nitrogen and oxygen atoms in total. The fraction of sp³-hybridized carbons (Fsp3) is 0.524. The van der Waals surface area contributed by atoms with Crippen molar-refractivity contribution in [2.45, 2.75) is 46.2 Å². The van der Waals surface area contributed by atoms with Gasteiger partial charge < -0.3 is 20.3 Å². The molecule has 0 aliphatic carbocycles. The zero-order valence-electron chi connectivity index (χ0n) is 18.6. The van der Waals surface area contributed by atoms with Crippen LogP contribution in [0.15, 0.2) is 29.4 Å². The lowest BCUT2D eigenvalue weighted by atomic mass is 10.1. The van der Waals surface area contributed by atoms with E-state index in [-0.39, 0.29) is 36.1 Å². The first kappa shape index (κ1) is 24.9. The largest absolute Gasteiger partial charge is 0.450 e. The molecule has 0 bridgehead atoms. The number of rotatable bonds is 5. The highest BCUT2D eigenvalue weighted by molar-refractivity contribution is 14.0. The van der Waals surface area contributed by atoms with Crippen molar-refractivity contribution in [2.75, 3.05) is 26.7 Å². The molecule has 3 heterocycles. The highest BCUT2D eigenvalue weighted by Gasteiger charge is 2.24. The summed E-state index contributed by atoms with van der Waals surface area (Å²) in [6.45, 7) is 8.21. The number of pyridine rings is 1. The number of ether oxygens (including phenoxy) is 1. The monoisotopic (exact) mass is 541 g/mol. The van der Waals surface area contributed by atoms with Gasteiger partial charge in [-0.2, -0.15) is 5.10 Å². The maximum atomic E-state index is 11.8. The molecule has 1 amide bonds. The molecule has 3 rings (SSSR count). The van der Waals surface area contributed by atoms with E-state index < -0.39 is 0 Å². The van der Waals surface area contributed by atoms with E-state index in [1.54, 1.807) is 11.9 Å². The van der Waals surface area contributed by atoms with Crippen LogP contribution in [0, 0.1) is 13.8 Å². The zero-order chi connectivity index (χ0) is 21.5. The van der Waals surface area contributed by atoms with E-state index in [1.807, 2.05) is 49.8 Å². The van der Waals surface area contributed by atoms with E-state index in [9.17, 15) is 4.79 Å². The summed E-state index contributed by atoms with van der Waals surface area (Å²) in [4.78, 5) is 22.4. The minimum absolute atomic E-state index is 0. The third-order valence-electron chi connectivity index (χ3n) is 5.08. The number of likely N-dealkylation sites (tertiary alicyclic amines) is 1. The molecule has 1 saturated heterocycles. The fourth-order valence-corrected chi connectivity index (χ4v) is 3.50. The van der Waals surface area contributed by atoms with Crippen LogP contribution in [0.25, 0.3) is 5.82 Å². The third kappa shape index (κ3) is 6.81. The van der Waals surface area contributed by atoms with Crippen LogP contribution in [0.1, 0.15) is 36.7 Å². The van der Waals surface area contributed by atoms with E-state index in [0.29, 0.717) is 26.2 Å². The molecule has 1 fully saturated rings. The first-order chi connectivity index (χ1) is 14.5. The number of nitrogens with one attached hydrogen (secondary N) is 2. The minimum atomic E-state index is -0.227. The molecule has 0 spiro atoms. The molecule has 1 aliphatic heterocycles. The van der Waals surface area contributed by atoms with E-state index >= 15 is 0 Å². The van der Waals surface area contributed by atoms with Crippen LogP contribution in [0.4, 0.5) is 4.79 Å². The van der Waals surface area contributed by atoms with Crippen molar-refractivity contribution in [3.05, 3.63) is 41.3 Å². The Morgan fingerprint density at radius 2 is 2.03 bits per heavy atom. The maximum absolute atomic E-state index is 11.8. The standard InChI is InChI=1S/C21H31N7O2.HI/c1-5-30-21(29)27-10-8-18(9-11-27)25-20(22-4)24-14-17-6-7-19(23-13-17)28-16(3)12-15(2)26-28;/h6-7,12-13,18H,5,8-11,14H2,1-4H3,(H2,22,24,25);1H. The quantitative estimate of drug-likeness (QED) is 0.344. The topological polar surface area (TPSA) is 96.7 Å². The molecule has 10 heteroatoms. The van der Waals surface area contributed by atoms with E-state index in [1.165, 1.54) is 0 Å². The Hall–Kier alpha value is -2.37. The van der Waals surface area contributed by atoms with Crippen molar-refractivity contribution >= 4 is 36.0 Å². The first-order valence-electron chi connectivity index (χ1n) is 10.4. The highest BCUT2D eigenvalue weighted by atomic mass is 127. The van der Waals surface area contributed by atoms with Gasteiger partial charge in [-0.3, -0.25) is 4.99 Å². The van der Waals surface area contributed by atoms with E-state index in [2.05, 4.69) is 25.7 Å². The van der Waals surface area contributed by atoms with E-state index in [4.69, 9.17) is 4.74 Å². The summed E-state index contributed by atoms with van der Waals surface area (Å²) in [6, 6.07) is 6.31. The van der Waals surface area contributed by atoms with Crippen molar-refractivity contribution in [1.82, 2.24) is 30.3 Å². The molecule has 0 aromatic carbocycles. The lowest BCUT2D eigenvalue weighted by molar-refractivity contribution is 0.0963. The molecular formula is C21H32IN7O2. The van der Waals surface area contributed by atoms with Crippen LogP contribution in [0.2, 0.25) is 0 Å². The number of aryl methyl sites for hydroxylation is 2. The number of hydrogen-bond acceptors (Lipinski definition) is 5. The van der Waals surface area contributed by atoms with Gasteiger partial charge >= 0.3 is 6.09 Å². The normalized spacial score (nSPS) is 14.7. The number of nitrogens with zero attached hydrogens (tertiary/aromatic N) is 5. The number of hydrogen-bond donors (Lipinski definition) is 2. The summed E-state index contributed by atoms with van der Waals surface area (Å²) in [5.41, 5.74) is 3.09. The molecule has 1 aliphatic rings. The van der Waals surface area contributed by atoms with Gasteiger partial charge in [0.2, 0.25) is 0 Å². The predicted octanol–water partition coefficient (Wildman–Crippen LogP) is 2.79. The minimum Gasteiger partial charge on any atom is -0.450 e. The Labute approximate surface area is 200 Å². The third-order valence-corrected chi connectivity index (χ3v) is 5.08. The lowest BCUT2D eigenvalue weighted by Gasteiger charge is -2.32. The lowest BCUT2D eigenvalue weighted by Crippen LogP contribution is -2.49. The summed E-state index contributed by atoms with van der Waals surface area (Å²) < 4.78 is 6.91. The van der Waals surface area contributed by atoms with Crippen LogP contribution >= 0.6 is 24.0 Å². The SMILES string of the molecule is CCOC(=O)N1CCC(NC(=NC)NCc2ccc(-n3nc(C)cc3C)nc2)CC1.I. The number of aromatic nitrogens is 3. The van der Waals surface area contributed by atoms with Gasteiger partial charge in [0.15, 0.2) is 11.8 Å². The molecule has 2 aromatic rings. The number of aliphatic imine (C=N–C) groups is 1. The second kappa shape index (κ2) is 11.9. The predicted molar refractivity (Wildman–Crippen MR) is 131 cm³/mol.